The van der Waals surface area contributed by atoms with Crippen molar-refractivity contribution < 1.29 is 9.90 Å². The number of carbonyl (C=O) groups is 1. The molecule has 1 aliphatic heterocycles. The molecule has 2 heterocycles. The molecule has 0 aliphatic carbocycles. The molecule has 1 saturated heterocycles. The van der Waals surface area contributed by atoms with Gasteiger partial charge < -0.3 is 10.0 Å². The molecule has 1 aromatic heterocycles. The van der Waals surface area contributed by atoms with Crippen molar-refractivity contribution in [1.82, 2.24) is 25.5 Å². The average Bonchev–Trinajstić information content (AvgIpc) is 3.35. The van der Waals surface area contributed by atoms with Crippen molar-refractivity contribution in [3.63, 3.8) is 0 Å². The second kappa shape index (κ2) is 11.3. The molecular formula is C21H30ClN5O2. The number of nitrogens with one attached hydrogen (secondary N) is 1. The maximum absolute atomic E-state index is 12.3. The number of tetrazole rings is 1. The molecule has 2 N–H and O–H groups in total. The number of aliphatic hydroxyl groups is 1. The van der Waals surface area contributed by atoms with Gasteiger partial charge in [-0.1, -0.05) is 41.8 Å². The molecule has 29 heavy (non-hydrogen) atoms. The number of amides is 1. The molecule has 8 heteroatoms. The van der Waals surface area contributed by atoms with E-state index < -0.39 is 6.10 Å². The monoisotopic (exact) mass is 419 g/mol. The van der Waals surface area contributed by atoms with Crippen LogP contribution in [-0.4, -0.2) is 49.1 Å². The SMILES string of the molecule is O=C1CCC(CCCC(O)c2cccc(Cl)c2)N1CCCCCCc1nn[nH]n1. The van der Waals surface area contributed by atoms with Gasteiger partial charge in [0, 0.05) is 30.5 Å². The Hall–Kier alpha value is -1.99. The van der Waals surface area contributed by atoms with Crippen LogP contribution < -0.4 is 0 Å². The van der Waals surface area contributed by atoms with Crippen molar-refractivity contribution in [3.05, 3.63) is 40.7 Å². The van der Waals surface area contributed by atoms with Gasteiger partial charge in [0.15, 0.2) is 5.82 Å². The van der Waals surface area contributed by atoms with E-state index in [0.717, 1.165) is 69.3 Å². The third-order valence-corrected chi connectivity index (χ3v) is 5.87. The number of aromatic nitrogens is 4. The fourth-order valence-electron chi connectivity index (χ4n) is 4.04. The van der Waals surface area contributed by atoms with Gasteiger partial charge in [-0.05, 0) is 56.2 Å². The summed E-state index contributed by atoms with van der Waals surface area (Å²) in [5.41, 5.74) is 0.859. The molecule has 1 amide bonds. The molecule has 0 radical (unpaired) electrons. The number of likely N-dealkylation sites (tertiary alicyclic amines) is 1. The third-order valence-electron chi connectivity index (χ3n) is 5.64. The first-order chi connectivity index (χ1) is 14.1. The normalized spacial score (nSPS) is 17.8. The van der Waals surface area contributed by atoms with Gasteiger partial charge in [-0.25, -0.2) is 0 Å². The molecule has 3 rings (SSSR count). The Morgan fingerprint density at radius 1 is 1.24 bits per heavy atom. The van der Waals surface area contributed by atoms with E-state index >= 15 is 0 Å². The number of aryl methyl sites for hydroxylation is 1. The van der Waals surface area contributed by atoms with Crippen LogP contribution in [-0.2, 0) is 11.2 Å². The smallest absolute Gasteiger partial charge is 0.222 e. The summed E-state index contributed by atoms with van der Waals surface area (Å²) in [6, 6.07) is 7.70. The number of hydrogen-bond acceptors (Lipinski definition) is 5. The van der Waals surface area contributed by atoms with Crippen LogP contribution in [0.1, 0.15) is 75.3 Å². The largest absolute Gasteiger partial charge is 0.388 e. The predicted molar refractivity (Wildman–Crippen MR) is 111 cm³/mol. The van der Waals surface area contributed by atoms with Crippen molar-refractivity contribution >= 4 is 17.5 Å². The second-order valence-electron chi connectivity index (χ2n) is 7.77. The number of hydrogen-bond donors (Lipinski definition) is 2. The van der Waals surface area contributed by atoms with Gasteiger partial charge in [-0.3, -0.25) is 4.79 Å². The standard InChI is InChI=1S/C21H30ClN5O2/c22-17-8-5-7-16(15-17)19(28)10-6-9-18-12-13-21(29)27(18)14-4-2-1-3-11-20-23-25-26-24-20/h5,7-8,15,18-19,28H,1-4,6,9-14H2,(H,23,24,25,26). The topological polar surface area (TPSA) is 95.0 Å². The zero-order valence-corrected chi connectivity index (χ0v) is 17.5. The van der Waals surface area contributed by atoms with Crippen LogP contribution in [0.4, 0.5) is 0 Å². The van der Waals surface area contributed by atoms with Crippen LogP contribution in [0.25, 0.3) is 0 Å². The van der Waals surface area contributed by atoms with E-state index in [-0.39, 0.29) is 5.91 Å². The Bertz CT molecular complexity index is 755. The number of halogens is 1. The zero-order valence-electron chi connectivity index (χ0n) is 16.8. The van der Waals surface area contributed by atoms with Gasteiger partial charge in [0.05, 0.1) is 6.10 Å². The Morgan fingerprint density at radius 2 is 2.10 bits per heavy atom. The number of aliphatic hydroxyl groups excluding tert-OH is 1. The highest BCUT2D eigenvalue weighted by Crippen LogP contribution is 2.27. The minimum Gasteiger partial charge on any atom is -0.388 e. The van der Waals surface area contributed by atoms with Gasteiger partial charge in [0.25, 0.3) is 0 Å². The number of carbonyl (C=O) groups excluding carboxylic acids is 1. The fraction of sp³-hybridized carbons (Fsp3) is 0.619. The highest BCUT2D eigenvalue weighted by Gasteiger charge is 2.29. The average molecular weight is 420 g/mol. The van der Waals surface area contributed by atoms with Gasteiger partial charge >= 0.3 is 0 Å². The van der Waals surface area contributed by atoms with E-state index in [1.165, 1.54) is 0 Å². The molecule has 2 atom stereocenters. The Balaban J connectivity index is 1.33. The van der Waals surface area contributed by atoms with E-state index in [1.807, 2.05) is 24.3 Å². The molecule has 2 unspecified atom stereocenters. The van der Waals surface area contributed by atoms with Crippen LogP contribution in [0.2, 0.25) is 5.02 Å². The van der Waals surface area contributed by atoms with E-state index in [0.29, 0.717) is 23.9 Å². The summed E-state index contributed by atoms with van der Waals surface area (Å²) in [5, 5.41) is 25.0. The molecule has 1 aliphatic rings. The van der Waals surface area contributed by atoms with Crippen molar-refractivity contribution in [3.8, 4) is 0 Å². The number of aromatic amines is 1. The third kappa shape index (κ3) is 6.78. The van der Waals surface area contributed by atoms with Gasteiger partial charge in [-0.2, -0.15) is 5.21 Å². The van der Waals surface area contributed by atoms with Crippen LogP contribution in [0.5, 0.6) is 0 Å². The minimum absolute atomic E-state index is 0.275. The lowest BCUT2D eigenvalue weighted by Crippen LogP contribution is -2.33. The Morgan fingerprint density at radius 3 is 2.90 bits per heavy atom. The maximum atomic E-state index is 12.3. The van der Waals surface area contributed by atoms with E-state index in [4.69, 9.17) is 11.6 Å². The molecule has 0 bridgehead atoms. The van der Waals surface area contributed by atoms with Crippen molar-refractivity contribution in [2.75, 3.05) is 6.54 Å². The van der Waals surface area contributed by atoms with Crippen molar-refractivity contribution in [1.29, 1.82) is 0 Å². The van der Waals surface area contributed by atoms with E-state index in [2.05, 4.69) is 25.5 Å². The summed E-state index contributed by atoms with van der Waals surface area (Å²) in [6.07, 6.45) is 8.73. The first-order valence-corrected chi connectivity index (χ1v) is 11.0. The molecular weight excluding hydrogens is 390 g/mol. The lowest BCUT2D eigenvalue weighted by atomic mass is 10.0. The number of H-pyrrole nitrogens is 1. The second-order valence-corrected chi connectivity index (χ2v) is 8.21. The van der Waals surface area contributed by atoms with Crippen LogP contribution in [0.15, 0.2) is 24.3 Å². The molecule has 7 nitrogen and oxygen atoms in total. The number of benzene rings is 1. The van der Waals surface area contributed by atoms with E-state index in [1.54, 1.807) is 0 Å². The number of unbranched alkanes of at least 4 members (excludes halogenated alkanes) is 3. The quantitative estimate of drug-likeness (QED) is 0.509. The van der Waals surface area contributed by atoms with Crippen LogP contribution >= 0.6 is 11.6 Å². The summed E-state index contributed by atoms with van der Waals surface area (Å²) in [7, 11) is 0. The van der Waals surface area contributed by atoms with Gasteiger partial charge in [-0.15, -0.1) is 10.2 Å². The zero-order chi connectivity index (χ0) is 20.5. The highest BCUT2D eigenvalue weighted by molar-refractivity contribution is 6.30. The lowest BCUT2D eigenvalue weighted by Gasteiger charge is -2.25. The Kier molecular flexibility index (Phi) is 8.43. The lowest BCUT2D eigenvalue weighted by molar-refractivity contribution is -0.129. The fourth-order valence-corrected chi connectivity index (χ4v) is 4.23. The number of rotatable bonds is 12. The predicted octanol–water partition coefficient (Wildman–Crippen LogP) is 3.85. The summed E-state index contributed by atoms with van der Waals surface area (Å²) in [4.78, 5) is 14.3. The summed E-state index contributed by atoms with van der Waals surface area (Å²) in [6.45, 7) is 0.836. The first-order valence-electron chi connectivity index (χ1n) is 10.6. The molecule has 2 aromatic rings. The first kappa shape index (κ1) is 21.7. The maximum Gasteiger partial charge on any atom is 0.222 e. The van der Waals surface area contributed by atoms with Gasteiger partial charge in [0.2, 0.25) is 5.91 Å². The van der Waals surface area contributed by atoms with Gasteiger partial charge in [0.1, 0.15) is 0 Å². The van der Waals surface area contributed by atoms with Crippen LogP contribution in [0.3, 0.4) is 0 Å². The minimum atomic E-state index is -0.501. The number of nitrogens with zero attached hydrogens (tertiary/aromatic N) is 4. The summed E-state index contributed by atoms with van der Waals surface area (Å²) in [5.74, 6) is 1.04. The van der Waals surface area contributed by atoms with Crippen molar-refractivity contribution in [2.24, 2.45) is 0 Å². The van der Waals surface area contributed by atoms with Crippen molar-refractivity contribution in [2.45, 2.75) is 76.4 Å². The molecule has 0 saturated carbocycles. The molecule has 158 valence electrons. The highest BCUT2D eigenvalue weighted by atomic mass is 35.5. The molecule has 1 aromatic carbocycles. The Labute approximate surface area is 176 Å². The summed E-state index contributed by atoms with van der Waals surface area (Å²) >= 11 is 6.00. The van der Waals surface area contributed by atoms with E-state index in [9.17, 15) is 9.90 Å². The van der Waals surface area contributed by atoms with Crippen LogP contribution in [0, 0.1) is 0 Å². The molecule has 0 spiro atoms. The summed E-state index contributed by atoms with van der Waals surface area (Å²) < 4.78 is 0. The molecule has 1 fully saturated rings.